The first-order valence-corrected chi connectivity index (χ1v) is 10.8. The van der Waals surface area contributed by atoms with Crippen LogP contribution in [0.1, 0.15) is 37.7 Å². The van der Waals surface area contributed by atoms with Crippen molar-refractivity contribution in [3.05, 3.63) is 66.2 Å². The maximum atomic E-state index is 11.8. The third-order valence-corrected chi connectivity index (χ3v) is 5.33. The maximum absolute atomic E-state index is 11.8. The number of amides is 1. The average molecular weight is 403 g/mol. The van der Waals surface area contributed by atoms with Gasteiger partial charge in [0.15, 0.2) is 0 Å². The average Bonchev–Trinajstić information content (AvgIpc) is 2.72. The molecule has 2 rings (SSSR count). The second-order valence-electron chi connectivity index (χ2n) is 6.64. The summed E-state index contributed by atoms with van der Waals surface area (Å²) in [6.45, 7) is 1.18. The minimum absolute atomic E-state index is 0.0978. The van der Waals surface area contributed by atoms with Gasteiger partial charge in [-0.25, -0.2) is 0 Å². The molecule has 4 N–H and O–H groups in total. The van der Waals surface area contributed by atoms with Crippen LogP contribution in [0.2, 0.25) is 0 Å². The predicted molar refractivity (Wildman–Crippen MR) is 114 cm³/mol. The molecule has 0 spiro atoms. The Morgan fingerprint density at radius 3 is 2.21 bits per heavy atom. The number of rotatable bonds is 13. The van der Waals surface area contributed by atoms with Crippen LogP contribution < -0.4 is 10.6 Å². The molecule has 0 saturated heterocycles. The lowest BCUT2D eigenvalue weighted by Gasteiger charge is -2.23. The van der Waals surface area contributed by atoms with Crippen LogP contribution in [0.15, 0.2) is 65.6 Å². The second-order valence-corrected chi connectivity index (χ2v) is 7.81. The second kappa shape index (κ2) is 12.6. The summed E-state index contributed by atoms with van der Waals surface area (Å²) in [4.78, 5) is 13.0. The van der Waals surface area contributed by atoms with Gasteiger partial charge in [-0.3, -0.25) is 10.1 Å². The molecular formula is C22H30N2O3S. The summed E-state index contributed by atoms with van der Waals surface area (Å²) in [6, 6.07) is 18.9. The lowest BCUT2D eigenvalue weighted by molar-refractivity contribution is -0.194. The number of carbonyl (C=O) groups excluding carboxylic acids is 1. The number of hydrogen-bond acceptors (Lipinski definition) is 5. The first-order valence-electron chi connectivity index (χ1n) is 9.78. The zero-order valence-corrected chi connectivity index (χ0v) is 17.0. The molecular weight excluding hydrogens is 372 g/mol. The van der Waals surface area contributed by atoms with Crippen molar-refractivity contribution in [1.29, 1.82) is 0 Å². The predicted octanol–water partition coefficient (Wildman–Crippen LogP) is 3.23. The summed E-state index contributed by atoms with van der Waals surface area (Å²) < 4.78 is 0. The number of aliphatic hydroxyl groups is 2. The monoisotopic (exact) mass is 402 g/mol. The van der Waals surface area contributed by atoms with E-state index in [4.69, 9.17) is 0 Å². The van der Waals surface area contributed by atoms with E-state index in [1.54, 1.807) is 36.0 Å². The molecule has 5 nitrogen and oxygen atoms in total. The molecule has 6 heteroatoms. The van der Waals surface area contributed by atoms with E-state index in [0.29, 0.717) is 25.1 Å². The van der Waals surface area contributed by atoms with Crippen LogP contribution in [0, 0.1) is 0 Å². The van der Waals surface area contributed by atoms with Gasteiger partial charge < -0.3 is 15.5 Å². The van der Waals surface area contributed by atoms with Crippen LogP contribution in [0.3, 0.4) is 0 Å². The highest BCUT2D eigenvalue weighted by molar-refractivity contribution is 7.99. The van der Waals surface area contributed by atoms with Gasteiger partial charge in [-0.05, 0) is 25.0 Å². The van der Waals surface area contributed by atoms with Gasteiger partial charge in [0.25, 0.3) is 5.91 Å². The van der Waals surface area contributed by atoms with E-state index >= 15 is 0 Å². The number of unbranched alkanes of at least 4 members (excludes halogenated alkanes) is 3. The third kappa shape index (κ3) is 8.89. The molecule has 0 unspecified atom stereocenters. The number of carbonyl (C=O) groups is 1. The Kier molecular flexibility index (Phi) is 10.1. The lowest BCUT2D eigenvalue weighted by atomic mass is 10.1. The normalized spacial score (nSPS) is 11.4. The third-order valence-electron chi connectivity index (χ3n) is 4.31. The molecule has 28 heavy (non-hydrogen) atoms. The minimum atomic E-state index is -2.00. The molecule has 0 atom stereocenters. The Morgan fingerprint density at radius 1 is 0.857 bits per heavy atom. The highest BCUT2D eigenvalue weighted by Crippen LogP contribution is 2.16. The van der Waals surface area contributed by atoms with E-state index in [0.717, 1.165) is 31.4 Å². The number of benzene rings is 2. The van der Waals surface area contributed by atoms with Crippen molar-refractivity contribution in [2.75, 3.05) is 18.8 Å². The van der Waals surface area contributed by atoms with E-state index in [1.807, 2.05) is 24.3 Å². The molecule has 0 aliphatic heterocycles. The van der Waals surface area contributed by atoms with Crippen molar-refractivity contribution in [3.63, 3.8) is 0 Å². The molecule has 152 valence electrons. The summed E-state index contributed by atoms with van der Waals surface area (Å²) in [5, 5.41) is 25.8. The number of nitrogens with one attached hydrogen (secondary N) is 2. The Labute approximate surface area is 171 Å². The van der Waals surface area contributed by atoms with Crippen LogP contribution in [0.5, 0.6) is 0 Å². The first kappa shape index (κ1) is 22.4. The SMILES string of the molecule is O=C(CCCCCCNC(O)(O)c1ccccc1)NCCSc1ccccc1. The largest absolute Gasteiger partial charge is 0.355 e. The van der Waals surface area contributed by atoms with Gasteiger partial charge in [-0.2, -0.15) is 0 Å². The van der Waals surface area contributed by atoms with Gasteiger partial charge >= 0.3 is 0 Å². The fraction of sp³-hybridized carbons (Fsp3) is 0.409. The molecule has 0 bridgehead atoms. The molecule has 0 saturated carbocycles. The molecule has 0 aromatic heterocycles. The first-order chi connectivity index (χ1) is 13.6. The molecule has 0 fully saturated rings. The molecule has 2 aromatic rings. The van der Waals surface area contributed by atoms with Crippen molar-refractivity contribution in [1.82, 2.24) is 10.6 Å². The van der Waals surface area contributed by atoms with E-state index < -0.39 is 5.91 Å². The standard InChI is InChI=1S/C22H30N2O3S/c25-21(23-17-18-28-20-13-7-4-8-14-20)15-9-1-2-10-16-24-22(26,27)19-11-5-3-6-12-19/h3-8,11-14,24,26-27H,1-2,9-10,15-18H2,(H,23,25). The fourth-order valence-corrected chi connectivity index (χ4v) is 3.55. The topological polar surface area (TPSA) is 81.6 Å². The van der Waals surface area contributed by atoms with Crippen molar-refractivity contribution < 1.29 is 15.0 Å². The van der Waals surface area contributed by atoms with Crippen LogP contribution in [-0.4, -0.2) is 35.0 Å². The van der Waals surface area contributed by atoms with Crippen molar-refractivity contribution >= 4 is 17.7 Å². The van der Waals surface area contributed by atoms with Gasteiger partial charge in [0.05, 0.1) is 0 Å². The van der Waals surface area contributed by atoms with Gasteiger partial charge in [-0.1, -0.05) is 61.4 Å². The minimum Gasteiger partial charge on any atom is -0.355 e. The molecule has 0 radical (unpaired) electrons. The van der Waals surface area contributed by atoms with Gasteiger partial charge in [0.2, 0.25) is 5.91 Å². The molecule has 1 amide bonds. The van der Waals surface area contributed by atoms with Crippen LogP contribution >= 0.6 is 11.8 Å². The zero-order chi connectivity index (χ0) is 20.1. The van der Waals surface area contributed by atoms with Crippen LogP contribution in [-0.2, 0) is 10.7 Å². The van der Waals surface area contributed by atoms with Crippen molar-refractivity contribution in [2.45, 2.75) is 42.9 Å². The quantitative estimate of drug-likeness (QED) is 0.235. The van der Waals surface area contributed by atoms with E-state index in [2.05, 4.69) is 22.8 Å². The van der Waals surface area contributed by atoms with Gasteiger partial charge in [-0.15, -0.1) is 11.8 Å². The van der Waals surface area contributed by atoms with Crippen LogP contribution in [0.4, 0.5) is 0 Å². The van der Waals surface area contributed by atoms with Crippen molar-refractivity contribution in [3.8, 4) is 0 Å². The molecule has 2 aromatic carbocycles. The van der Waals surface area contributed by atoms with E-state index in [1.165, 1.54) is 4.90 Å². The van der Waals surface area contributed by atoms with Crippen LogP contribution in [0.25, 0.3) is 0 Å². The maximum Gasteiger partial charge on any atom is 0.250 e. The Balaban J connectivity index is 1.45. The Bertz CT molecular complexity index is 681. The Hall–Kier alpha value is -1.86. The highest BCUT2D eigenvalue weighted by Gasteiger charge is 2.23. The number of hydrogen-bond donors (Lipinski definition) is 4. The summed E-state index contributed by atoms with van der Waals surface area (Å²) in [5.74, 6) is -1.04. The fourth-order valence-electron chi connectivity index (χ4n) is 2.76. The summed E-state index contributed by atoms with van der Waals surface area (Å²) in [7, 11) is 0. The Morgan fingerprint density at radius 2 is 1.50 bits per heavy atom. The van der Waals surface area contributed by atoms with E-state index in [9.17, 15) is 15.0 Å². The van der Waals surface area contributed by atoms with Crippen molar-refractivity contribution in [2.24, 2.45) is 0 Å². The zero-order valence-electron chi connectivity index (χ0n) is 16.1. The molecule has 0 heterocycles. The highest BCUT2D eigenvalue weighted by atomic mass is 32.2. The van der Waals surface area contributed by atoms with Gasteiger partial charge in [0.1, 0.15) is 0 Å². The number of thioether (sulfide) groups is 1. The van der Waals surface area contributed by atoms with Gasteiger partial charge in [0, 0.05) is 35.7 Å². The summed E-state index contributed by atoms with van der Waals surface area (Å²) in [6.07, 6.45) is 4.10. The summed E-state index contributed by atoms with van der Waals surface area (Å²) in [5.41, 5.74) is 0.428. The molecule has 0 aliphatic carbocycles. The lowest BCUT2D eigenvalue weighted by Crippen LogP contribution is -2.42. The summed E-state index contributed by atoms with van der Waals surface area (Å²) >= 11 is 1.74. The smallest absolute Gasteiger partial charge is 0.250 e. The molecule has 0 aliphatic rings. The van der Waals surface area contributed by atoms with E-state index in [-0.39, 0.29) is 5.91 Å².